The zero-order valence-electron chi connectivity index (χ0n) is 23.1. The van der Waals surface area contributed by atoms with Gasteiger partial charge in [-0.25, -0.2) is 4.68 Å². The lowest BCUT2D eigenvalue weighted by Gasteiger charge is -2.36. The van der Waals surface area contributed by atoms with Gasteiger partial charge in [-0.1, -0.05) is 73.1 Å². The van der Waals surface area contributed by atoms with Gasteiger partial charge in [0, 0.05) is 44.2 Å². The number of aliphatic hydroxyl groups excluding tert-OH is 1. The van der Waals surface area contributed by atoms with Gasteiger partial charge in [0.15, 0.2) is 6.29 Å². The minimum absolute atomic E-state index is 0.00998. The number of carboxylic acids is 1. The Morgan fingerprint density at radius 3 is 2.32 bits per heavy atom. The molecule has 1 aliphatic rings. The summed E-state index contributed by atoms with van der Waals surface area (Å²) in [5.41, 5.74) is 3.72. The van der Waals surface area contributed by atoms with Crippen molar-refractivity contribution in [2.45, 2.75) is 81.8 Å². The summed E-state index contributed by atoms with van der Waals surface area (Å²) in [4.78, 5) is 22.8. The molecule has 41 heavy (non-hydrogen) atoms. The van der Waals surface area contributed by atoms with Gasteiger partial charge in [-0.15, -0.1) is 5.10 Å². The van der Waals surface area contributed by atoms with Crippen LogP contribution >= 0.6 is 11.8 Å². The van der Waals surface area contributed by atoms with Crippen LogP contribution in [-0.2, 0) is 39.3 Å². The minimum Gasteiger partial charge on any atom is -0.481 e. The maximum Gasteiger partial charge on any atom is 0.303 e. The maximum atomic E-state index is 12.2. The fourth-order valence-corrected chi connectivity index (χ4v) is 5.40. The zero-order chi connectivity index (χ0) is 29.0. The molecule has 4 rings (SSSR count). The number of rotatable bonds is 15. The number of nitrogens with one attached hydrogen (secondary N) is 1. The number of benzene rings is 2. The lowest BCUT2D eigenvalue weighted by molar-refractivity contribution is -0.245. The third kappa shape index (κ3) is 9.63. The summed E-state index contributed by atoms with van der Waals surface area (Å²) >= 11 is 1.53. The summed E-state index contributed by atoms with van der Waals surface area (Å²) < 4.78 is 14.4. The number of tetrazole rings is 1. The Morgan fingerprint density at radius 2 is 1.66 bits per heavy atom. The van der Waals surface area contributed by atoms with Crippen LogP contribution in [0.15, 0.2) is 53.7 Å². The highest BCUT2D eigenvalue weighted by molar-refractivity contribution is 7.99. The van der Waals surface area contributed by atoms with E-state index in [1.54, 1.807) is 11.7 Å². The van der Waals surface area contributed by atoms with Crippen molar-refractivity contribution in [1.82, 2.24) is 25.5 Å². The molecular formula is C29H37N5O6S. The number of hydrogen-bond acceptors (Lipinski definition) is 9. The van der Waals surface area contributed by atoms with Gasteiger partial charge >= 0.3 is 5.97 Å². The van der Waals surface area contributed by atoms with E-state index in [9.17, 15) is 14.7 Å². The van der Waals surface area contributed by atoms with Crippen LogP contribution in [0.1, 0.15) is 79.6 Å². The number of hydrogen-bond donors (Lipinski definition) is 3. The Bertz CT molecular complexity index is 1250. The predicted octanol–water partition coefficient (Wildman–Crippen LogP) is 4.08. The molecular weight excluding hydrogens is 546 g/mol. The number of nitrogens with zero attached hydrogens (tertiary/aromatic N) is 4. The van der Waals surface area contributed by atoms with E-state index in [1.807, 2.05) is 48.5 Å². The Hall–Kier alpha value is -3.32. The van der Waals surface area contributed by atoms with Gasteiger partial charge in [0.1, 0.15) is 0 Å². The fourth-order valence-electron chi connectivity index (χ4n) is 4.53. The number of thioether (sulfide) groups is 1. The molecule has 0 radical (unpaired) electrons. The van der Waals surface area contributed by atoms with Gasteiger partial charge in [-0.05, 0) is 40.0 Å². The average Bonchev–Trinajstić information content (AvgIpc) is 3.41. The van der Waals surface area contributed by atoms with Crippen molar-refractivity contribution < 1.29 is 29.3 Å². The average molecular weight is 584 g/mol. The summed E-state index contributed by atoms with van der Waals surface area (Å²) in [7, 11) is 1.80. The Kier molecular flexibility index (Phi) is 11.7. The zero-order valence-corrected chi connectivity index (χ0v) is 24.0. The molecule has 11 nitrogen and oxygen atoms in total. The second-order valence-corrected chi connectivity index (χ2v) is 11.1. The van der Waals surface area contributed by atoms with Crippen LogP contribution in [-0.4, -0.2) is 54.2 Å². The van der Waals surface area contributed by atoms with Gasteiger partial charge in [0.2, 0.25) is 11.1 Å². The second-order valence-electron chi connectivity index (χ2n) is 10.1. The Labute approximate surface area is 243 Å². The highest BCUT2D eigenvalue weighted by atomic mass is 32.2. The van der Waals surface area contributed by atoms with Crippen molar-refractivity contribution in [3.63, 3.8) is 0 Å². The monoisotopic (exact) mass is 583 g/mol. The maximum absolute atomic E-state index is 12.2. The number of ether oxygens (including phenoxy) is 2. The third-order valence-electron chi connectivity index (χ3n) is 6.88. The molecule has 220 valence electrons. The van der Waals surface area contributed by atoms with Crippen LogP contribution in [0.4, 0.5) is 0 Å². The summed E-state index contributed by atoms with van der Waals surface area (Å²) in [5, 5.41) is 33.4. The topological polar surface area (TPSA) is 149 Å². The predicted molar refractivity (Wildman–Crippen MR) is 152 cm³/mol. The van der Waals surface area contributed by atoms with E-state index < -0.39 is 12.3 Å². The lowest BCUT2D eigenvalue weighted by Crippen LogP contribution is -2.31. The molecule has 0 aliphatic carbocycles. The molecule has 0 unspecified atom stereocenters. The Balaban J connectivity index is 1.32. The van der Waals surface area contributed by atoms with Gasteiger partial charge in [-0.3, -0.25) is 9.59 Å². The number of aliphatic hydroxyl groups is 1. The third-order valence-corrected chi connectivity index (χ3v) is 8.02. The number of aryl methyl sites for hydroxylation is 1. The Morgan fingerprint density at radius 1 is 0.976 bits per heavy atom. The van der Waals surface area contributed by atoms with E-state index in [4.69, 9.17) is 14.6 Å². The first kappa shape index (κ1) is 30.6. The number of carbonyl (C=O) groups is 2. The summed E-state index contributed by atoms with van der Waals surface area (Å²) in [6.07, 6.45) is 3.46. The second kappa shape index (κ2) is 15.6. The van der Waals surface area contributed by atoms with Crippen LogP contribution in [0.3, 0.4) is 0 Å². The van der Waals surface area contributed by atoms with Gasteiger partial charge in [-0.2, -0.15) is 0 Å². The normalized spacial score (nSPS) is 18.7. The van der Waals surface area contributed by atoms with E-state index in [0.29, 0.717) is 36.7 Å². The quantitative estimate of drug-likeness (QED) is 0.176. The highest BCUT2D eigenvalue weighted by Gasteiger charge is 2.32. The van der Waals surface area contributed by atoms with E-state index in [2.05, 4.69) is 20.8 Å². The minimum atomic E-state index is -0.779. The van der Waals surface area contributed by atoms with Crippen LogP contribution in [0, 0.1) is 0 Å². The molecule has 1 saturated heterocycles. The number of carbonyl (C=O) groups excluding carboxylic acids is 1. The van der Waals surface area contributed by atoms with Gasteiger partial charge < -0.3 is 25.0 Å². The number of carboxylic acid groups (broad SMARTS) is 1. The lowest BCUT2D eigenvalue weighted by atomic mass is 10.0. The summed E-state index contributed by atoms with van der Waals surface area (Å²) in [6, 6.07) is 15.6. The molecule has 1 amide bonds. The number of aliphatic carboxylic acids is 1. The smallest absolute Gasteiger partial charge is 0.303 e. The molecule has 0 bridgehead atoms. The van der Waals surface area contributed by atoms with Crippen molar-refractivity contribution in [3.05, 3.63) is 70.8 Å². The van der Waals surface area contributed by atoms with E-state index in [-0.39, 0.29) is 31.1 Å². The number of unbranched alkanes of at least 4 members (excludes halogenated alkanes) is 3. The highest BCUT2D eigenvalue weighted by Crippen LogP contribution is 2.39. The van der Waals surface area contributed by atoms with E-state index >= 15 is 0 Å². The molecule has 1 aromatic heterocycles. The van der Waals surface area contributed by atoms with Crippen molar-refractivity contribution >= 4 is 23.6 Å². The summed E-state index contributed by atoms with van der Waals surface area (Å²) in [6.45, 7) is 0.416. The molecule has 3 atom stereocenters. The molecule has 3 N–H and O–H groups in total. The van der Waals surface area contributed by atoms with E-state index in [1.165, 1.54) is 11.8 Å². The molecule has 1 fully saturated rings. The summed E-state index contributed by atoms with van der Waals surface area (Å²) in [5.74, 6) is -0.137. The largest absolute Gasteiger partial charge is 0.481 e. The molecule has 3 aromatic rings. The molecule has 2 aromatic carbocycles. The van der Waals surface area contributed by atoms with Crippen LogP contribution < -0.4 is 5.32 Å². The first-order valence-electron chi connectivity index (χ1n) is 13.8. The van der Waals surface area contributed by atoms with Crippen molar-refractivity contribution in [2.24, 2.45) is 7.05 Å². The van der Waals surface area contributed by atoms with Crippen molar-refractivity contribution in [3.8, 4) is 0 Å². The van der Waals surface area contributed by atoms with E-state index in [0.717, 1.165) is 41.5 Å². The van der Waals surface area contributed by atoms with Crippen LogP contribution in [0.5, 0.6) is 0 Å². The number of amides is 1. The molecule has 2 heterocycles. The molecule has 0 saturated carbocycles. The van der Waals surface area contributed by atoms with Crippen molar-refractivity contribution in [1.29, 1.82) is 0 Å². The van der Waals surface area contributed by atoms with Crippen LogP contribution in [0.25, 0.3) is 0 Å². The molecule has 1 aliphatic heterocycles. The molecule has 12 heteroatoms. The standard InChI is InChI=1S/C29H37N5O6S/c1-34-29(31-32-33-34)41-19-24-16-25(22-12-10-21(18-35)11-13-22)40-28(39-24)23-14-8-20(9-15-23)17-30-26(36)6-4-2-3-5-7-27(37)38/h8-15,24-25,28,35H,2-7,16-19H2,1H3,(H,30,36)(H,37,38)/t24-,25+,28+/m1/s1. The molecule has 0 spiro atoms. The van der Waals surface area contributed by atoms with Crippen LogP contribution in [0.2, 0.25) is 0 Å². The fraction of sp³-hybridized carbons (Fsp3) is 0.483. The van der Waals surface area contributed by atoms with Crippen molar-refractivity contribution in [2.75, 3.05) is 5.75 Å². The SMILES string of the molecule is Cn1nnnc1SC[C@H]1C[C@@H](c2ccc(CO)cc2)O[C@@H](c2ccc(CNC(=O)CCCCCCC(=O)O)cc2)O1. The van der Waals surface area contributed by atoms with Gasteiger partial charge in [0.05, 0.1) is 18.8 Å². The first-order valence-corrected chi connectivity index (χ1v) is 14.8. The number of aromatic nitrogens is 4. The van der Waals surface area contributed by atoms with Gasteiger partial charge in [0.25, 0.3) is 0 Å². The first-order chi connectivity index (χ1) is 19.9.